The van der Waals surface area contributed by atoms with Crippen molar-refractivity contribution in [2.45, 2.75) is 39.3 Å². The quantitative estimate of drug-likeness (QED) is 0.887. The molecule has 0 bridgehead atoms. The van der Waals surface area contributed by atoms with Crippen LogP contribution < -0.4 is 15.4 Å². The highest BCUT2D eigenvalue weighted by atomic mass is 16.5. The first kappa shape index (κ1) is 16.0. The third-order valence-corrected chi connectivity index (χ3v) is 3.71. The molecular formula is C17H20N4O3. The number of ether oxygens (including phenoxy) is 1. The van der Waals surface area contributed by atoms with Crippen LogP contribution in [-0.4, -0.2) is 27.7 Å². The Morgan fingerprint density at radius 3 is 2.79 bits per heavy atom. The Bertz CT molecular complexity index is 804. The van der Waals surface area contributed by atoms with Crippen LogP contribution in [0, 0.1) is 0 Å². The molecular weight excluding hydrogens is 308 g/mol. The van der Waals surface area contributed by atoms with Crippen LogP contribution in [0.15, 0.2) is 30.6 Å². The third-order valence-electron chi connectivity index (χ3n) is 3.71. The first-order valence-electron chi connectivity index (χ1n) is 7.73. The number of nitrogens with one attached hydrogen (secondary N) is 2. The number of nitrogens with zero attached hydrogens (tertiary/aromatic N) is 2. The van der Waals surface area contributed by atoms with Crippen LogP contribution in [0.4, 0.5) is 11.4 Å². The molecule has 2 heterocycles. The number of para-hydroxylation sites is 1. The Hall–Kier alpha value is -2.83. The zero-order valence-electron chi connectivity index (χ0n) is 14.1. The van der Waals surface area contributed by atoms with Gasteiger partial charge in [-0.1, -0.05) is 6.07 Å². The highest BCUT2D eigenvalue weighted by molar-refractivity contribution is 6.09. The molecule has 1 aliphatic heterocycles. The fraction of sp³-hybridized carbons (Fsp3) is 0.353. The number of anilines is 2. The molecule has 0 saturated carbocycles. The summed E-state index contributed by atoms with van der Waals surface area (Å²) >= 11 is 0. The molecule has 0 saturated heterocycles. The van der Waals surface area contributed by atoms with E-state index < -0.39 is 6.10 Å². The maximum atomic E-state index is 12.6. The number of hydrogen-bond acceptors (Lipinski definition) is 4. The summed E-state index contributed by atoms with van der Waals surface area (Å²) in [6.45, 7) is 7.71. The molecule has 0 spiro atoms. The summed E-state index contributed by atoms with van der Waals surface area (Å²) in [7, 11) is 0. The maximum absolute atomic E-state index is 12.6. The van der Waals surface area contributed by atoms with Gasteiger partial charge in [0.25, 0.3) is 11.8 Å². The number of rotatable bonds is 2. The van der Waals surface area contributed by atoms with Crippen molar-refractivity contribution in [3.8, 4) is 5.75 Å². The molecule has 0 radical (unpaired) electrons. The molecule has 1 unspecified atom stereocenters. The lowest BCUT2D eigenvalue weighted by Crippen LogP contribution is -2.35. The van der Waals surface area contributed by atoms with Crippen molar-refractivity contribution in [2.24, 2.45) is 0 Å². The molecule has 0 aliphatic carbocycles. The van der Waals surface area contributed by atoms with Crippen LogP contribution in [0.1, 0.15) is 38.1 Å². The Morgan fingerprint density at radius 1 is 1.38 bits per heavy atom. The van der Waals surface area contributed by atoms with Gasteiger partial charge in [0.2, 0.25) is 0 Å². The van der Waals surface area contributed by atoms with E-state index in [0.29, 0.717) is 22.7 Å². The molecule has 24 heavy (non-hydrogen) atoms. The molecule has 126 valence electrons. The summed E-state index contributed by atoms with van der Waals surface area (Å²) in [4.78, 5) is 24.3. The summed E-state index contributed by atoms with van der Waals surface area (Å²) in [5, 5.41) is 9.80. The second-order valence-corrected chi connectivity index (χ2v) is 6.73. The van der Waals surface area contributed by atoms with Crippen LogP contribution in [0.3, 0.4) is 0 Å². The van der Waals surface area contributed by atoms with Crippen molar-refractivity contribution < 1.29 is 14.3 Å². The van der Waals surface area contributed by atoms with Gasteiger partial charge in [-0.25, -0.2) is 0 Å². The number of carbonyl (C=O) groups is 2. The number of aromatic nitrogens is 2. The van der Waals surface area contributed by atoms with E-state index in [1.165, 1.54) is 0 Å². The van der Waals surface area contributed by atoms with E-state index >= 15 is 0 Å². The third kappa shape index (κ3) is 2.97. The summed E-state index contributed by atoms with van der Waals surface area (Å²) in [5.41, 5.74) is 1.29. The van der Waals surface area contributed by atoms with Crippen molar-refractivity contribution in [2.75, 3.05) is 10.6 Å². The molecule has 1 atom stereocenters. The van der Waals surface area contributed by atoms with Gasteiger partial charge in [-0.2, -0.15) is 5.10 Å². The van der Waals surface area contributed by atoms with Crippen LogP contribution >= 0.6 is 0 Å². The zero-order valence-corrected chi connectivity index (χ0v) is 14.1. The van der Waals surface area contributed by atoms with E-state index in [1.807, 2.05) is 20.8 Å². The van der Waals surface area contributed by atoms with E-state index in [2.05, 4.69) is 15.7 Å². The van der Waals surface area contributed by atoms with Crippen LogP contribution in [-0.2, 0) is 10.3 Å². The van der Waals surface area contributed by atoms with E-state index in [1.54, 1.807) is 42.2 Å². The minimum absolute atomic E-state index is 0.169. The van der Waals surface area contributed by atoms with Gasteiger partial charge in [0.05, 0.1) is 28.7 Å². The average molecular weight is 328 g/mol. The number of benzene rings is 1. The smallest absolute Gasteiger partial charge is 0.265 e. The predicted molar refractivity (Wildman–Crippen MR) is 90.3 cm³/mol. The maximum Gasteiger partial charge on any atom is 0.265 e. The largest absolute Gasteiger partial charge is 0.478 e. The normalized spacial score (nSPS) is 16.8. The van der Waals surface area contributed by atoms with Crippen LogP contribution in [0.25, 0.3) is 0 Å². The molecule has 0 fully saturated rings. The average Bonchev–Trinajstić information content (AvgIpc) is 2.96. The SMILES string of the molecule is CC1Oc2c(cccc2C(=O)Nc2cnn(C(C)(C)C)c2)NC1=O. The van der Waals surface area contributed by atoms with Crippen molar-refractivity contribution >= 4 is 23.2 Å². The van der Waals surface area contributed by atoms with E-state index in [-0.39, 0.29) is 17.4 Å². The minimum Gasteiger partial charge on any atom is -0.478 e. The molecule has 2 N–H and O–H groups in total. The van der Waals surface area contributed by atoms with Gasteiger partial charge in [-0.3, -0.25) is 14.3 Å². The Kier molecular flexibility index (Phi) is 3.79. The van der Waals surface area contributed by atoms with Crippen molar-refractivity contribution in [1.29, 1.82) is 0 Å². The molecule has 2 aromatic rings. The van der Waals surface area contributed by atoms with E-state index in [9.17, 15) is 9.59 Å². The second-order valence-electron chi connectivity index (χ2n) is 6.73. The minimum atomic E-state index is -0.643. The van der Waals surface area contributed by atoms with Gasteiger partial charge in [0.15, 0.2) is 11.9 Å². The second kappa shape index (κ2) is 5.67. The monoisotopic (exact) mass is 328 g/mol. The Morgan fingerprint density at radius 2 is 2.12 bits per heavy atom. The van der Waals surface area contributed by atoms with Gasteiger partial charge >= 0.3 is 0 Å². The summed E-state index contributed by atoms with van der Waals surface area (Å²) < 4.78 is 7.38. The fourth-order valence-corrected chi connectivity index (χ4v) is 2.36. The number of carbonyl (C=O) groups excluding carboxylic acids is 2. The molecule has 2 amide bonds. The molecule has 1 aliphatic rings. The number of hydrogen-bond donors (Lipinski definition) is 2. The van der Waals surface area contributed by atoms with Crippen LogP contribution in [0.5, 0.6) is 5.75 Å². The van der Waals surface area contributed by atoms with Crippen molar-refractivity contribution in [3.63, 3.8) is 0 Å². The zero-order chi connectivity index (χ0) is 17.5. The predicted octanol–water partition coefficient (Wildman–Crippen LogP) is 2.61. The number of amides is 2. The summed E-state index contributed by atoms with van der Waals surface area (Å²) in [5.74, 6) is -0.166. The topological polar surface area (TPSA) is 85.2 Å². The Balaban J connectivity index is 1.85. The summed E-state index contributed by atoms with van der Waals surface area (Å²) in [6.07, 6.45) is 2.73. The van der Waals surface area contributed by atoms with Gasteiger partial charge < -0.3 is 15.4 Å². The molecule has 7 heteroatoms. The van der Waals surface area contributed by atoms with E-state index in [0.717, 1.165) is 0 Å². The highest BCUT2D eigenvalue weighted by Crippen LogP contribution is 2.33. The van der Waals surface area contributed by atoms with Crippen LogP contribution in [0.2, 0.25) is 0 Å². The highest BCUT2D eigenvalue weighted by Gasteiger charge is 2.27. The molecule has 3 rings (SSSR count). The lowest BCUT2D eigenvalue weighted by molar-refractivity contribution is -0.122. The molecule has 1 aromatic carbocycles. The first-order valence-corrected chi connectivity index (χ1v) is 7.73. The summed E-state index contributed by atoms with van der Waals surface area (Å²) in [6, 6.07) is 5.06. The standard InChI is InChI=1S/C17H20N4O3/c1-10-15(22)20-13-7-5-6-12(14(13)24-10)16(23)19-11-8-18-21(9-11)17(2,3)4/h5-10H,1-4H3,(H,19,23)(H,20,22). The lowest BCUT2D eigenvalue weighted by atomic mass is 10.1. The lowest BCUT2D eigenvalue weighted by Gasteiger charge is -2.24. The Labute approximate surface area is 140 Å². The van der Waals surface area contributed by atoms with E-state index in [4.69, 9.17) is 4.74 Å². The van der Waals surface area contributed by atoms with Crippen molar-refractivity contribution in [3.05, 3.63) is 36.2 Å². The van der Waals surface area contributed by atoms with Crippen molar-refractivity contribution in [1.82, 2.24) is 9.78 Å². The molecule has 7 nitrogen and oxygen atoms in total. The first-order chi connectivity index (χ1) is 11.3. The molecule has 1 aromatic heterocycles. The van der Waals surface area contributed by atoms with Gasteiger partial charge in [-0.05, 0) is 39.8 Å². The van der Waals surface area contributed by atoms with Gasteiger partial charge in [0, 0.05) is 6.20 Å². The van der Waals surface area contributed by atoms with Gasteiger partial charge in [0.1, 0.15) is 0 Å². The van der Waals surface area contributed by atoms with Gasteiger partial charge in [-0.15, -0.1) is 0 Å². The fourth-order valence-electron chi connectivity index (χ4n) is 2.36. The number of fused-ring (bicyclic) bond motifs is 1.